The van der Waals surface area contributed by atoms with Gasteiger partial charge in [-0.1, -0.05) is 25.0 Å². The number of benzene rings is 1. The van der Waals surface area contributed by atoms with Crippen LogP contribution in [0.5, 0.6) is 0 Å². The van der Waals surface area contributed by atoms with Gasteiger partial charge in [-0.15, -0.1) is 0 Å². The zero-order valence-corrected chi connectivity index (χ0v) is 11.6. The van der Waals surface area contributed by atoms with Gasteiger partial charge in [0.25, 0.3) is 0 Å². The molecule has 4 nitrogen and oxygen atoms in total. The number of urea groups is 1. The van der Waals surface area contributed by atoms with E-state index in [1.807, 2.05) is 24.3 Å². The molecule has 0 saturated heterocycles. The lowest BCUT2D eigenvalue weighted by molar-refractivity contribution is 0.0955. The van der Waals surface area contributed by atoms with Crippen molar-refractivity contribution in [1.82, 2.24) is 5.32 Å². The second-order valence-corrected chi connectivity index (χ2v) is 5.39. The van der Waals surface area contributed by atoms with Crippen LogP contribution in [0.2, 0.25) is 0 Å². The molecule has 0 aromatic heterocycles. The number of anilines is 1. The largest absolute Gasteiger partial charge is 0.391 e. The first kappa shape index (κ1) is 13.4. The highest BCUT2D eigenvalue weighted by molar-refractivity contribution is 9.10. The molecule has 5 heteroatoms. The Balaban J connectivity index is 1.90. The zero-order chi connectivity index (χ0) is 13.0. The number of carbonyl (C=O) groups excluding carboxylic acids is 1. The van der Waals surface area contributed by atoms with Crippen LogP contribution in [0.4, 0.5) is 10.5 Å². The number of rotatable bonds is 2. The first-order chi connectivity index (χ1) is 8.66. The number of para-hydroxylation sites is 1. The van der Waals surface area contributed by atoms with Gasteiger partial charge in [0.15, 0.2) is 0 Å². The van der Waals surface area contributed by atoms with Crippen LogP contribution in [0, 0.1) is 0 Å². The molecule has 0 heterocycles. The van der Waals surface area contributed by atoms with Crippen LogP contribution < -0.4 is 10.6 Å². The van der Waals surface area contributed by atoms with Crippen molar-refractivity contribution in [2.75, 3.05) is 5.32 Å². The standard InChI is InChI=1S/C13H17BrN2O2/c14-9-5-1-2-6-10(9)15-13(18)16-11-7-3-4-8-12(11)17/h1-2,5-6,11-12,17H,3-4,7-8H2,(H2,15,16,18). The highest BCUT2D eigenvalue weighted by Gasteiger charge is 2.24. The minimum atomic E-state index is -0.427. The molecule has 98 valence electrons. The summed E-state index contributed by atoms with van der Waals surface area (Å²) < 4.78 is 0.837. The number of carbonyl (C=O) groups is 1. The number of amides is 2. The molecular formula is C13H17BrN2O2. The molecule has 1 saturated carbocycles. The Bertz CT molecular complexity index is 425. The molecule has 0 radical (unpaired) electrons. The molecule has 2 unspecified atom stereocenters. The Morgan fingerprint density at radius 2 is 2.00 bits per heavy atom. The second-order valence-electron chi connectivity index (χ2n) is 4.54. The molecule has 2 atom stereocenters. The van der Waals surface area contributed by atoms with Gasteiger partial charge in [-0.05, 0) is 40.9 Å². The van der Waals surface area contributed by atoms with Gasteiger partial charge in [0.1, 0.15) is 0 Å². The predicted molar refractivity (Wildman–Crippen MR) is 74.6 cm³/mol. The predicted octanol–water partition coefficient (Wildman–Crippen LogP) is 2.87. The molecule has 0 bridgehead atoms. The fourth-order valence-corrected chi connectivity index (χ4v) is 2.55. The number of nitrogens with one attached hydrogen (secondary N) is 2. The fourth-order valence-electron chi connectivity index (χ4n) is 2.17. The van der Waals surface area contributed by atoms with Gasteiger partial charge in [-0.25, -0.2) is 4.79 Å². The van der Waals surface area contributed by atoms with Crippen molar-refractivity contribution in [3.63, 3.8) is 0 Å². The van der Waals surface area contributed by atoms with E-state index in [0.717, 1.165) is 35.8 Å². The molecular weight excluding hydrogens is 296 g/mol. The maximum atomic E-state index is 11.8. The van der Waals surface area contributed by atoms with E-state index in [-0.39, 0.29) is 12.1 Å². The van der Waals surface area contributed by atoms with Gasteiger partial charge in [-0.3, -0.25) is 0 Å². The number of halogens is 1. The van der Waals surface area contributed by atoms with E-state index in [1.54, 1.807) is 0 Å². The van der Waals surface area contributed by atoms with Crippen molar-refractivity contribution in [2.45, 2.75) is 37.8 Å². The minimum absolute atomic E-state index is 0.138. The Labute approximate surface area is 115 Å². The SMILES string of the molecule is O=C(Nc1ccccc1Br)NC1CCCCC1O. The number of hydrogen-bond acceptors (Lipinski definition) is 2. The molecule has 0 aliphatic heterocycles. The lowest BCUT2D eigenvalue weighted by Gasteiger charge is -2.28. The number of aliphatic hydroxyl groups is 1. The van der Waals surface area contributed by atoms with Crippen LogP contribution in [0.15, 0.2) is 28.7 Å². The molecule has 0 spiro atoms. The Kier molecular flexibility index (Phi) is 4.60. The van der Waals surface area contributed by atoms with Crippen LogP contribution in [0.25, 0.3) is 0 Å². The van der Waals surface area contributed by atoms with E-state index in [2.05, 4.69) is 26.6 Å². The van der Waals surface area contributed by atoms with E-state index in [9.17, 15) is 9.90 Å². The van der Waals surface area contributed by atoms with E-state index in [1.165, 1.54) is 0 Å². The van der Waals surface area contributed by atoms with Gasteiger partial charge in [-0.2, -0.15) is 0 Å². The average Bonchev–Trinajstić information content (AvgIpc) is 2.35. The summed E-state index contributed by atoms with van der Waals surface area (Å²) in [6.45, 7) is 0. The molecule has 1 aromatic rings. The first-order valence-electron chi connectivity index (χ1n) is 6.17. The second kappa shape index (κ2) is 6.20. The Morgan fingerprint density at radius 1 is 1.28 bits per heavy atom. The third-order valence-corrected chi connectivity index (χ3v) is 3.86. The highest BCUT2D eigenvalue weighted by atomic mass is 79.9. The van der Waals surface area contributed by atoms with Crippen molar-refractivity contribution < 1.29 is 9.90 Å². The van der Waals surface area contributed by atoms with Gasteiger partial charge in [0.2, 0.25) is 0 Å². The molecule has 2 rings (SSSR count). The molecule has 1 aliphatic rings. The molecule has 2 amide bonds. The molecule has 1 aliphatic carbocycles. The van der Waals surface area contributed by atoms with E-state index >= 15 is 0 Å². The minimum Gasteiger partial charge on any atom is -0.391 e. The van der Waals surface area contributed by atoms with Crippen LogP contribution >= 0.6 is 15.9 Å². The Morgan fingerprint density at radius 3 is 2.72 bits per heavy atom. The van der Waals surface area contributed by atoms with Crippen LogP contribution in [-0.4, -0.2) is 23.3 Å². The van der Waals surface area contributed by atoms with Crippen molar-refractivity contribution in [3.05, 3.63) is 28.7 Å². The lowest BCUT2D eigenvalue weighted by atomic mass is 9.93. The third-order valence-electron chi connectivity index (χ3n) is 3.17. The van der Waals surface area contributed by atoms with E-state index < -0.39 is 6.10 Å². The third kappa shape index (κ3) is 3.46. The zero-order valence-electron chi connectivity index (χ0n) is 10.0. The highest BCUT2D eigenvalue weighted by Crippen LogP contribution is 2.22. The monoisotopic (exact) mass is 312 g/mol. The lowest BCUT2D eigenvalue weighted by Crippen LogP contribution is -2.46. The smallest absolute Gasteiger partial charge is 0.319 e. The molecule has 1 aromatic carbocycles. The van der Waals surface area contributed by atoms with Crippen LogP contribution in [0.3, 0.4) is 0 Å². The van der Waals surface area contributed by atoms with Crippen LogP contribution in [-0.2, 0) is 0 Å². The van der Waals surface area contributed by atoms with Gasteiger partial charge in [0, 0.05) is 4.47 Å². The fraction of sp³-hybridized carbons (Fsp3) is 0.462. The van der Waals surface area contributed by atoms with Crippen LogP contribution in [0.1, 0.15) is 25.7 Å². The normalized spacial score (nSPS) is 23.4. The van der Waals surface area contributed by atoms with Gasteiger partial charge >= 0.3 is 6.03 Å². The van der Waals surface area contributed by atoms with Crippen molar-refractivity contribution in [3.8, 4) is 0 Å². The van der Waals surface area contributed by atoms with Crippen molar-refractivity contribution in [2.24, 2.45) is 0 Å². The number of hydrogen-bond donors (Lipinski definition) is 3. The summed E-state index contributed by atoms with van der Waals surface area (Å²) in [7, 11) is 0. The molecule has 3 N–H and O–H groups in total. The summed E-state index contributed by atoms with van der Waals surface area (Å²) in [6.07, 6.45) is 3.26. The summed E-state index contributed by atoms with van der Waals surface area (Å²) >= 11 is 3.37. The summed E-state index contributed by atoms with van der Waals surface area (Å²) in [4.78, 5) is 11.8. The first-order valence-corrected chi connectivity index (χ1v) is 6.96. The summed E-state index contributed by atoms with van der Waals surface area (Å²) in [6, 6.07) is 7.02. The molecule has 18 heavy (non-hydrogen) atoms. The maximum absolute atomic E-state index is 11.8. The van der Waals surface area contributed by atoms with Crippen molar-refractivity contribution >= 4 is 27.6 Å². The van der Waals surface area contributed by atoms with E-state index in [4.69, 9.17) is 0 Å². The van der Waals surface area contributed by atoms with Gasteiger partial charge < -0.3 is 15.7 Å². The summed E-state index contributed by atoms with van der Waals surface area (Å²) in [5.41, 5.74) is 0.722. The van der Waals surface area contributed by atoms with E-state index in [0.29, 0.717) is 0 Å². The number of aliphatic hydroxyl groups excluding tert-OH is 1. The quantitative estimate of drug-likeness (QED) is 0.786. The average molecular weight is 313 g/mol. The summed E-state index contributed by atoms with van der Waals surface area (Å²) in [5, 5.41) is 15.4. The molecule has 1 fully saturated rings. The van der Waals surface area contributed by atoms with Gasteiger partial charge in [0.05, 0.1) is 17.8 Å². The Hall–Kier alpha value is -1.07. The van der Waals surface area contributed by atoms with Crippen molar-refractivity contribution in [1.29, 1.82) is 0 Å². The maximum Gasteiger partial charge on any atom is 0.319 e. The summed E-state index contributed by atoms with van der Waals surface area (Å²) in [5.74, 6) is 0. The topological polar surface area (TPSA) is 61.4 Å².